The second-order valence-corrected chi connectivity index (χ2v) is 5.72. The van der Waals surface area contributed by atoms with E-state index >= 15 is 0 Å². The van der Waals surface area contributed by atoms with Crippen molar-refractivity contribution in [3.05, 3.63) is 46.1 Å². The van der Waals surface area contributed by atoms with Gasteiger partial charge in [-0.25, -0.2) is 4.98 Å². The van der Waals surface area contributed by atoms with Gasteiger partial charge in [-0.05, 0) is 23.3 Å². The summed E-state index contributed by atoms with van der Waals surface area (Å²) in [5, 5.41) is 20.2. The Balaban J connectivity index is 2.04. The number of halogens is 1. The number of pyridine rings is 1. The van der Waals surface area contributed by atoms with E-state index in [0.717, 1.165) is 5.56 Å². The molecule has 2 unspecified atom stereocenters. The Bertz CT molecular complexity index is 738. The molecule has 2 heterocycles. The van der Waals surface area contributed by atoms with Gasteiger partial charge in [-0.15, -0.1) is 0 Å². The van der Waals surface area contributed by atoms with E-state index in [-0.39, 0.29) is 29.2 Å². The van der Waals surface area contributed by atoms with E-state index in [1.165, 1.54) is 7.11 Å². The first kappa shape index (κ1) is 15.9. The third-order valence-corrected chi connectivity index (χ3v) is 4.27. The summed E-state index contributed by atoms with van der Waals surface area (Å²) < 4.78 is 11.2. The molecule has 0 fully saturated rings. The van der Waals surface area contributed by atoms with Crippen molar-refractivity contribution < 1.29 is 19.7 Å². The molecule has 3 rings (SSSR count). The molecule has 0 bridgehead atoms. The Morgan fingerprint density at radius 3 is 2.87 bits per heavy atom. The number of hydrogen-bond acceptors (Lipinski definition) is 6. The fraction of sp³-hybridized carbons (Fsp3) is 0.312. The van der Waals surface area contributed by atoms with E-state index in [1.54, 1.807) is 18.3 Å². The first-order valence-electron chi connectivity index (χ1n) is 7.13. The molecule has 122 valence electrons. The van der Waals surface area contributed by atoms with Crippen LogP contribution in [0, 0.1) is 0 Å². The van der Waals surface area contributed by atoms with Crippen molar-refractivity contribution in [1.82, 2.24) is 4.98 Å². The number of hydrogen-bond donors (Lipinski definition) is 3. The Labute approximate surface area is 138 Å². The molecule has 0 radical (unpaired) electrons. The van der Waals surface area contributed by atoms with E-state index in [1.807, 2.05) is 6.07 Å². The van der Waals surface area contributed by atoms with Crippen LogP contribution in [-0.4, -0.2) is 28.9 Å². The molecule has 0 aliphatic carbocycles. The third-order valence-electron chi connectivity index (χ3n) is 3.99. The van der Waals surface area contributed by atoms with Crippen molar-refractivity contribution in [2.75, 3.05) is 13.7 Å². The van der Waals surface area contributed by atoms with Crippen LogP contribution in [0.25, 0.3) is 0 Å². The van der Waals surface area contributed by atoms with Gasteiger partial charge in [0.15, 0.2) is 11.5 Å². The average molecular weight is 337 g/mol. The molecular weight excluding hydrogens is 320 g/mol. The maximum absolute atomic E-state index is 10.2. The number of nitrogens with two attached hydrogens (primary N) is 1. The van der Waals surface area contributed by atoms with E-state index in [2.05, 4.69) is 4.98 Å². The van der Waals surface area contributed by atoms with Gasteiger partial charge in [-0.2, -0.15) is 0 Å². The van der Waals surface area contributed by atoms with E-state index in [4.69, 9.17) is 26.8 Å². The second kappa shape index (κ2) is 6.23. The van der Waals surface area contributed by atoms with Gasteiger partial charge in [-0.3, -0.25) is 0 Å². The highest BCUT2D eigenvalue weighted by molar-refractivity contribution is 6.32. The highest BCUT2D eigenvalue weighted by Crippen LogP contribution is 2.46. The normalized spacial score (nSPS) is 20.1. The van der Waals surface area contributed by atoms with Crippen LogP contribution in [-0.2, 0) is 11.2 Å². The first-order chi connectivity index (χ1) is 11.0. The van der Waals surface area contributed by atoms with Crippen LogP contribution >= 0.6 is 11.6 Å². The average Bonchev–Trinajstić information content (AvgIpc) is 2.59. The summed E-state index contributed by atoms with van der Waals surface area (Å²) in [5.74, 6) is -0.0706. The molecule has 0 saturated heterocycles. The number of aromatic nitrogens is 1. The number of rotatable bonds is 3. The predicted molar refractivity (Wildman–Crippen MR) is 84.9 cm³/mol. The van der Waals surface area contributed by atoms with Crippen LogP contribution in [0.2, 0.25) is 5.02 Å². The first-order valence-corrected chi connectivity index (χ1v) is 7.51. The van der Waals surface area contributed by atoms with Crippen molar-refractivity contribution >= 4 is 11.6 Å². The molecule has 1 aliphatic heterocycles. The van der Waals surface area contributed by atoms with Gasteiger partial charge in [-0.1, -0.05) is 11.6 Å². The summed E-state index contributed by atoms with van der Waals surface area (Å²) in [4.78, 5) is 4.07. The molecule has 4 N–H and O–H groups in total. The predicted octanol–water partition coefficient (Wildman–Crippen LogP) is 2.47. The van der Waals surface area contributed by atoms with Crippen LogP contribution in [0.5, 0.6) is 17.4 Å². The molecular formula is C16H17ClN2O4. The molecule has 7 heteroatoms. The van der Waals surface area contributed by atoms with Gasteiger partial charge in [0, 0.05) is 30.8 Å². The van der Waals surface area contributed by atoms with Gasteiger partial charge >= 0.3 is 0 Å². The minimum atomic E-state index is -0.424. The number of phenols is 2. The zero-order valence-electron chi connectivity index (χ0n) is 12.5. The van der Waals surface area contributed by atoms with Gasteiger partial charge in [0.2, 0.25) is 5.88 Å². The molecule has 2 aromatic rings. The standard InChI is InChI=1S/C16H17ClN2O4/c1-22-14-4-8(2-3-19-14)12-6-10-9(13(7-18)23-12)5-11(17)16(21)15(10)20/h2-5,12-13,20-21H,6-7,18H2,1H3. The van der Waals surface area contributed by atoms with Crippen LogP contribution in [0.4, 0.5) is 0 Å². The highest BCUT2D eigenvalue weighted by atomic mass is 35.5. The Morgan fingerprint density at radius 1 is 1.39 bits per heavy atom. The fourth-order valence-corrected chi connectivity index (χ4v) is 3.01. The summed E-state index contributed by atoms with van der Waals surface area (Å²) in [6.07, 6.45) is 1.26. The smallest absolute Gasteiger partial charge is 0.213 e. The number of benzene rings is 1. The molecule has 23 heavy (non-hydrogen) atoms. The molecule has 2 atom stereocenters. The molecule has 0 saturated carbocycles. The lowest BCUT2D eigenvalue weighted by atomic mass is 9.90. The maximum atomic E-state index is 10.2. The van der Waals surface area contributed by atoms with Crippen LogP contribution in [0.15, 0.2) is 24.4 Å². The van der Waals surface area contributed by atoms with E-state index in [0.29, 0.717) is 23.4 Å². The summed E-state index contributed by atoms with van der Waals surface area (Å²) in [7, 11) is 1.54. The quantitative estimate of drug-likeness (QED) is 0.745. The highest BCUT2D eigenvalue weighted by Gasteiger charge is 2.32. The minimum absolute atomic E-state index is 0.0762. The lowest BCUT2D eigenvalue weighted by molar-refractivity contribution is -0.0232. The monoisotopic (exact) mass is 336 g/mol. The number of phenolic OH excluding ortho intramolecular Hbond substituents is 2. The Hall–Kier alpha value is -2.02. The summed E-state index contributed by atoms with van der Waals surface area (Å²) in [5.41, 5.74) is 7.95. The maximum Gasteiger partial charge on any atom is 0.213 e. The van der Waals surface area contributed by atoms with Gasteiger partial charge in [0.1, 0.15) is 0 Å². The lowest BCUT2D eigenvalue weighted by Gasteiger charge is -2.32. The minimum Gasteiger partial charge on any atom is -0.504 e. The largest absolute Gasteiger partial charge is 0.504 e. The molecule has 0 amide bonds. The topological polar surface area (TPSA) is 97.8 Å². The van der Waals surface area contributed by atoms with Gasteiger partial charge in [0.25, 0.3) is 0 Å². The van der Waals surface area contributed by atoms with Crippen LogP contribution < -0.4 is 10.5 Å². The molecule has 1 aromatic carbocycles. The van der Waals surface area contributed by atoms with Crippen molar-refractivity contribution in [1.29, 1.82) is 0 Å². The van der Waals surface area contributed by atoms with Gasteiger partial charge in [0.05, 0.1) is 24.3 Å². The SMILES string of the molecule is COc1cc(C2Cc3c(cc(Cl)c(O)c3O)C(CN)O2)ccn1. The third kappa shape index (κ3) is 2.81. The zero-order chi connectivity index (χ0) is 16.6. The van der Waals surface area contributed by atoms with Crippen molar-refractivity contribution in [3.63, 3.8) is 0 Å². The van der Waals surface area contributed by atoms with E-state index in [9.17, 15) is 10.2 Å². The summed E-state index contributed by atoms with van der Waals surface area (Å²) >= 11 is 5.93. The van der Waals surface area contributed by atoms with Crippen molar-refractivity contribution in [2.45, 2.75) is 18.6 Å². The molecule has 0 spiro atoms. The molecule has 1 aromatic heterocycles. The summed E-state index contributed by atoms with van der Waals surface area (Å²) in [6.45, 7) is 0.228. The number of methoxy groups -OCH3 is 1. The number of nitrogens with zero attached hydrogens (tertiary/aromatic N) is 1. The van der Waals surface area contributed by atoms with Crippen LogP contribution in [0.3, 0.4) is 0 Å². The zero-order valence-corrected chi connectivity index (χ0v) is 13.2. The second-order valence-electron chi connectivity index (χ2n) is 5.31. The number of ether oxygens (including phenoxy) is 2. The summed E-state index contributed by atoms with van der Waals surface area (Å²) in [6, 6.07) is 5.18. The Kier molecular flexibility index (Phi) is 4.30. The lowest BCUT2D eigenvalue weighted by Crippen LogP contribution is -2.26. The fourth-order valence-electron chi connectivity index (χ4n) is 2.81. The number of aromatic hydroxyl groups is 2. The molecule has 1 aliphatic rings. The van der Waals surface area contributed by atoms with Crippen molar-refractivity contribution in [3.8, 4) is 17.4 Å². The molecule has 6 nitrogen and oxygen atoms in total. The Morgan fingerprint density at radius 2 is 2.17 bits per heavy atom. The van der Waals surface area contributed by atoms with Crippen molar-refractivity contribution in [2.24, 2.45) is 5.73 Å². The van der Waals surface area contributed by atoms with Gasteiger partial charge < -0.3 is 25.4 Å². The number of fused-ring (bicyclic) bond motifs is 1. The van der Waals surface area contributed by atoms with E-state index < -0.39 is 6.10 Å². The van der Waals surface area contributed by atoms with Crippen LogP contribution in [0.1, 0.15) is 28.9 Å².